The number of methoxy groups -OCH3 is 2. The minimum absolute atomic E-state index is 0.310. The number of allylic oxidation sites excluding steroid dienone is 1. The number of aromatic nitrogens is 2. The predicted octanol–water partition coefficient (Wildman–Crippen LogP) is 2.29. The van der Waals surface area contributed by atoms with Crippen LogP contribution in [-0.2, 0) is 0 Å². The molecule has 0 saturated heterocycles. The molecule has 1 heterocycles. The summed E-state index contributed by atoms with van der Waals surface area (Å²) in [7, 11) is 3.10. The lowest BCUT2D eigenvalue weighted by Gasteiger charge is -2.04. The van der Waals surface area contributed by atoms with Gasteiger partial charge in [-0.25, -0.2) is 4.98 Å². The van der Waals surface area contributed by atoms with E-state index in [-0.39, 0.29) is 0 Å². The normalized spacial score (nSPS) is 10.6. The van der Waals surface area contributed by atoms with E-state index in [4.69, 9.17) is 9.47 Å². The van der Waals surface area contributed by atoms with Gasteiger partial charge >= 0.3 is 6.01 Å². The van der Waals surface area contributed by atoms with Gasteiger partial charge in [-0.05, 0) is 6.42 Å². The molecule has 0 saturated carbocycles. The number of ether oxygens (including phenoxy) is 2. The van der Waals surface area contributed by atoms with Gasteiger partial charge in [0.25, 0.3) is 0 Å². The van der Waals surface area contributed by atoms with Crippen LogP contribution in [0.5, 0.6) is 11.9 Å². The lowest BCUT2D eigenvalue weighted by molar-refractivity contribution is 0.351. The van der Waals surface area contributed by atoms with E-state index in [0.717, 1.165) is 17.3 Å². The van der Waals surface area contributed by atoms with Gasteiger partial charge in [-0.2, -0.15) is 4.98 Å². The summed E-state index contributed by atoms with van der Waals surface area (Å²) in [6, 6.07) is 0.310. The van der Waals surface area contributed by atoms with Crippen molar-refractivity contribution < 1.29 is 9.47 Å². The third kappa shape index (κ3) is 3.51. The van der Waals surface area contributed by atoms with E-state index in [1.807, 2.05) is 12.2 Å². The SMILES string of the molecule is COc1ncc(C=CCCBr)c(OC)n1. The molecule has 5 heteroatoms. The first-order valence-electron chi connectivity index (χ1n) is 4.49. The molecule has 1 rings (SSSR count). The van der Waals surface area contributed by atoms with E-state index in [1.165, 1.54) is 7.11 Å². The third-order valence-corrected chi connectivity index (χ3v) is 2.17. The van der Waals surface area contributed by atoms with E-state index in [1.54, 1.807) is 13.3 Å². The Morgan fingerprint density at radius 1 is 1.40 bits per heavy atom. The van der Waals surface area contributed by atoms with Gasteiger partial charge in [-0.1, -0.05) is 28.1 Å². The topological polar surface area (TPSA) is 44.2 Å². The van der Waals surface area contributed by atoms with E-state index < -0.39 is 0 Å². The van der Waals surface area contributed by atoms with Crippen LogP contribution in [0.25, 0.3) is 6.08 Å². The Labute approximate surface area is 97.5 Å². The molecule has 0 bridgehead atoms. The minimum atomic E-state index is 0.310. The molecular weight excluding hydrogens is 260 g/mol. The summed E-state index contributed by atoms with van der Waals surface area (Å²) in [6.07, 6.45) is 6.59. The molecule has 82 valence electrons. The lowest BCUT2D eigenvalue weighted by Crippen LogP contribution is -1.97. The average molecular weight is 273 g/mol. The van der Waals surface area contributed by atoms with Crippen LogP contribution in [0.4, 0.5) is 0 Å². The lowest BCUT2D eigenvalue weighted by atomic mass is 10.3. The van der Waals surface area contributed by atoms with Gasteiger partial charge in [0.15, 0.2) is 0 Å². The second kappa shape index (κ2) is 6.40. The van der Waals surface area contributed by atoms with Crippen LogP contribution in [0.1, 0.15) is 12.0 Å². The van der Waals surface area contributed by atoms with Gasteiger partial charge in [0.2, 0.25) is 5.88 Å². The Morgan fingerprint density at radius 2 is 2.20 bits per heavy atom. The van der Waals surface area contributed by atoms with Crippen LogP contribution < -0.4 is 9.47 Å². The number of hydrogen-bond acceptors (Lipinski definition) is 4. The van der Waals surface area contributed by atoms with Gasteiger partial charge in [-0.3, -0.25) is 0 Å². The van der Waals surface area contributed by atoms with E-state index in [9.17, 15) is 0 Å². The standard InChI is InChI=1S/C10H13BrN2O2/c1-14-9-8(5-3-4-6-11)7-12-10(13-9)15-2/h3,5,7H,4,6H2,1-2H3. The highest BCUT2D eigenvalue weighted by Crippen LogP contribution is 2.18. The molecule has 0 fully saturated rings. The summed E-state index contributed by atoms with van der Waals surface area (Å²) in [6.45, 7) is 0. The van der Waals surface area contributed by atoms with Gasteiger partial charge in [-0.15, -0.1) is 0 Å². The first kappa shape index (κ1) is 12.0. The Hall–Kier alpha value is -1.10. The molecule has 0 spiro atoms. The maximum Gasteiger partial charge on any atom is 0.319 e. The van der Waals surface area contributed by atoms with E-state index in [2.05, 4.69) is 25.9 Å². The van der Waals surface area contributed by atoms with Crippen molar-refractivity contribution in [3.05, 3.63) is 17.8 Å². The Kier molecular flexibility index (Phi) is 5.10. The molecule has 0 unspecified atom stereocenters. The highest BCUT2D eigenvalue weighted by Gasteiger charge is 2.04. The number of halogens is 1. The predicted molar refractivity (Wildman–Crippen MR) is 62.6 cm³/mol. The summed E-state index contributed by atoms with van der Waals surface area (Å²) in [4.78, 5) is 8.08. The number of hydrogen-bond donors (Lipinski definition) is 0. The molecular formula is C10H13BrN2O2. The summed E-state index contributed by atoms with van der Waals surface area (Å²) < 4.78 is 10.0. The number of nitrogens with zero attached hydrogens (tertiary/aromatic N) is 2. The zero-order chi connectivity index (χ0) is 11.1. The molecule has 0 atom stereocenters. The van der Waals surface area contributed by atoms with Crippen LogP contribution >= 0.6 is 15.9 Å². The first-order chi connectivity index (χ1) is 7.31. The number of alkyl halides is 1. The number of rotatable bonds is 5. The summed E-state index contributed by atoms with van der Waals surface area (Å²) in [5, 5.41) is 0.933. The smallest absolute Gasteiger partial charge is 0.319 e. The van der Waals surface area contributed by atoms with Crippen molar-refractivity contribution in [2.75, 3.05) is 19.5 Å². The fourth-order valence-corrected chi connectivity index (χ4v) is 1.27. The molecule has 4 nitrogen and oxygen atoms in total. The molecule has 0 aliphatic carbocycles. The molecule has 1 aromatic rings. The quantitative estimate of drug-likeness (QED) is 0.772. The van der Waals surface area contributed by atoms with Gasteiger partial charge in [0, 0.05) is 11.5 Å². The van der Waals surface area contributed by atoms with Crippen molar-refractivity contribution in [2.24, 2.45) is 0 Å². The van der Waals surface area contributed by atoms with Crippen molar-refractivity contribution in [1.82, 2.24) is 9.97 Å². The minimum Gasteiger partial charge on any atom is -0.480 e. The fraction of sp³-hybridized carbons (Fsp3) is 0.400. The average Bonchev–Trinajstić information content (AvgIpc) is 2.29. The van der Waals surface area contributed by atoms with Crippen molar-refractivity contribution in [2.45, 2.75) is 6.42 Å². The zero-order valence-corrected chi connectivity index (χ0v) is 10.3. The zero-order valence-electron chi connectivity index (χ0n) is 8.74. The van der Waals surface area contributed by atoms with E-state index >= 15 is 0 Å². The molecule has 15 heavy (non-hydrogen) atoms. The van der Waals surface area contributed by atoms with Crippen molar-refractivity contribution >= 4 is 22.0 Å². The molecule has 0 amide bonds. The fourth-order valence-electron chi connectivity index (χ4n) is 1.01. The highest BCUT2D eigenvalue weighted by molar-refractivity contribution is 9.09. The van der Waals surface area contributed by atoms with Crippen molar-refractivity contribution in [3.8, 4) is 11.9 Å². The summed E-state index contributed by atoms with van der Waals surface area (Å²) in [5.41, 5.74) is 0.847. The largest absolute Gasteiger partial charge is 0.480 e. The van der Waals surface area contributed by atoms with Gasteiger partial charge in [0.1, 0.15) is 0 Å². The van der Waals surface area contributed by atoms with Crippen LogP contribution in [0.15, 0.2) is 12.3 Å². The molecule has 1 aromatic heterocycles. The van der Waals surface area contributed by atoms with Crippen molar-refractivity contribution in [3.63, 3.8) is 0 Å². The van der Waals surface area contributed by atoms with Crippen LogP contribution in [-0.4, -0.2) is 29.5 Å². The molecule has 0 radical (unpaired) electrons. The molecule has 0 N–H and O–H groups in total. The van der Waals surface area contributed by atoms with Crippen LogP contribution in [0.3, 0.4) is 0 Å². The monoisotopic (exact) mass is 272 g/mol. The third-order valence-electron chi connectivity index (χ3n) is 1.71. The summed E-state index contributed by atoms with van der Waals surface area (Å²) in [5.74, 6) is 0.521. The molecule has 0 aromatic carbocycles. The molecule has 0 aliphatic heterocycles. The molecule has 0 aliphatic rings. The Bertz CT molecular complexity index is 342. The maximum absolute atomic E-state index is 5.12. The maximum atomic E-state index is 5.12. The van der Waals surface area contributed by atoms with Crippen molar-refractivity contribution in [1.29, 1.82) is 0 Å². The first-order valence-corrected chi connectivity index (χ1v) is 5.61. The van der Waals surface area contributed by atoms with Crippen LogP contribution in [0.2, 0.25) is 0 Å². The van der Waals surface area contributed by atoms with E-state index in [0.29, 0.717) is 11.9 Å². The Morgan fingerprint density at radius 3 is 2.80 bits per heavy atom. The van der Waals surface area contributed by atoms with Gasteiger partial charge in [0.05, 0.1) is 19.8 Å². The second-order valence-electron chi connectivity index (χ2n) is 2.70. The Balaban J connectivity index is 2.87. The summed E-state index contributed by atoms with van der Waals surface area (Å²) >= 11 is 3.35. The highest BCUT2D eigenvalue weighted by atomic mass is 79.9. The van der Waals surface area contributed by atoms with Crippen LogP contribution in [0, 0.1) is 0 Å². The second-order valence-corrected chi connectivity index (χ2v) is 3.49. The van der Waals surface area contributed by atoms with Gasteiger partial charge < -0.3 is 9.47 Å².